The van der Waals surface area contributed by atoms with Crippen LogP contribution in [0.5, 0.6) is 5.75 Å². The highest BCUT2D eigenvalue weighted by Gasteiger charge is 2.19. The molecule has 2 aromatic carbocycles. The summed E-state index contributed by atoms with van der Waals surface area (Å²) in [5.74, 6) is 2.81. The number of nitrogens with zero attached hydrogens (tertiary/aromatic N) is 4. The van der Waals surface area contributed by atoms with Crippen LogP contribution in [0.3, 0.4) is 0 Å². The second-order valence-electron chi connectivity index (χ2n) is 6.59. The van der Waals surface area contributed by atoms with Gasteiger partial charge in [0, 0.05) is 5.56 Å². The van der Waals surface area contributed by atoms with Crippen molar-refractivity contribution in [2.24, 2.45) is 0 Å². The van der Waals surface area contributed by atoms with Crippen molar-refractivity contribution < 1.29 is 13.5 Å². The maximum atomic E-state index is 14.7. The topological polar surface area (TPSA) is 66.0 Å². The van der Waals surface area contributed by atoms with Crippen LogP contribution in [0.25, 0.3) is 17.1 Å². The summed E-state index contributed by atoms with van der Waals surface area (Å²) in [6.45, 7) is 6.30. The van der Waals surface area contributed by atoms with Crippen molar-refractivity contribution in [1.82, 2.24) is 19.7 Å². The Hall–Kier alpha value is -3.13. The molecule has 0 aliphatic rings. The third-order valence-corrected chi connectivity index (χ3v) is 5.46. The molecule has 0 saturated heterocycles. The van der Waals surface area contributed by atoms with Crippen LogP contribution in [-0.2, 0) is 5.75 Å². The molecule has 8 heteroatoms. The number of ether oxygens (including phenoxy) is 1. The molecule has 4 aromatic rings. The van der Waals surface area contributed by atoms with Gasteiger partial charge >= 0.3 is 0 Å². The molecule has 0 aliphatic heterocycles. The first-order valence-electron chi connectivity index (χ1n) is 9.56. The maximum absolute atomic E-state index is 14.7. The van der Waals surface area contributed by atoms with Gasteiger partial charge in [0.15, 0.2) is 11.0 Å². The third kappa shape index (κ3) is 4.09. The Bertz CT molecular complexity index is 1130. The number of rotatable bonds is 7. The minimum absolute atomic E-state index is 0.353. The van der Waals surface area contributed by atoms with Crippen molar-refractivity contribution >= 4 is 11.8 Å². The summed E-state index contributed by atoms with van der Waals surface area (Å²) in [5, 5.41) is 9.22. The van der Waals surface area contributed by atoms with Crippen LogP contribution >= 0.6 is 11.8 Å². The monoisotopic (exact) mass is 424 g/mol. The standard InChI is InChI=1S/C22H21FN4O2S/c1-4-28-17-11-9-16(10-12-17)21-25-26-22(27(21)19-8-6-5-7-18(19)23)30-13-20-24-14(2)15(3)29-20/h5-12H,4,13H2,1-3H3. The number of aromatic nitrogens is 4. The predicted octanol–water partition coefficient (Wildman–Crippen LogP) is 5.37. The van der Waals surface area contributed by atoms with Gasteiger partial charge < -0.3 is 9.15 Å². The number of benzene rings is 2. The van der Waals surface area contributed by atoms with E-state index in [1.54, 1.807) is 22.8 Å². The lowest BCUT2D eigenvalue weighted by Crippen LogP contribution is -2.02. The average Bonchev–Trinajstić information content (AvgIpc) is 3.30. The minimum Gasteiger partial charge on any atom is -0.494 e. The van der Waals surface area contributed by atoms with Gasteiger partial charge in [-0.25, -0.2) is 9.37 Å². The molecule has 0 atom stereocenters. The maximum Gasteiger partial charge on any atom is 0.205 e. The number of halogens is 1. The van der Waals surface area contributed by atoms with Crippen molar-refractivity contribution in [3.63, 3.8) is 0 Å². The van der Waals surface area contributed by atoms with Crippen LogP contribution in [0.4, 0.5) is 4.39 Å². The predicted molar refractivity (Wildman–Crippen MR) is 113 cm³/mol. The Kier molecular flexibility index (Phi) is 5.85. The first kappa shape index (κ1) is 20.2. The van der Waals surface area contributed by atoms with E-state index >= 15 is 0 Å². The number of hydrogen-bond acceptors (Lipinski definition) is 6. The fourth-order valence-electron chi connectivity index (χ4n) is 2.99. The zero-order valence-corrected chi connectivity index (χ0v) is 17.7. The third-order valence-electron chi connectivity index (χ3n) is 4.55. The summed E-state index contributed by atoms with van der Waals surface area (Å²) in [7, 11) is 0. The lowest BCUT2D eigenvalue weighted by atomic mass is 10.2. The summed E-state index contributed by atoms with van der Waals surface area (Å²) in [5.41, 5.74) is 2.05. The molecule has 2 aromatic heterocycles. The molecule has 6 nitrogen and oxygen atoms in total. The molecule has 154 valence electrons. The largest absolute Gasteiger partial charge is 0.494 e. The van der Waals surface area contributed by atoms with Gasteiger partial charge in [-0.2, -0.15) is 0 Å². The lowest BCUT2D eigenvalue weighted by molar-refractivity contribution is 0.340. The molecule has 0 unspecified atom stereocenters. The van der Waals surface area contributed by atoms with Crippen molar-refractivity contribution in [1.29, 1.82) is 0 Å². The highest BCUT2D eigenvalue weighted by atomic mass is 32.2. The van der Waals surface area contributed by atoms with Crippen LogP contribution < -0.4 is 4.74 Å². The summed E-state index contributed by atoms with van der Waals surface area (Å²) in [6, 6.07) is 14.1. The molecule has 4 rings (SSSR count). The summed E-state index contributed by atoms with van der Waals surface area (Å²) in [6.07, 6.45) is 0. The van der Waals surface area contributed by atoms with E-state index in [-0.39, 0.29) is 5.82 Å². The van der Waals surface area contributed by atoms with E-state index in [1.807, 2.05) is 45.0 Å². The number of thioether (sulfide) groups is 1. The molecule has 2 heterocycles. The molecule has 0 bridgehead atoms. The number of hydrogen-bond donors (Lipinski definition) is 0. The molecular weight excluding hydrogens is 403 g/mol. The first-order chi connectivity index (χ1) is 14.6. The second-order valence-corrected chi connectivity index (χ2v) is 7.53. The second kappa shape index (κ2) is 8.71. The van der Waals surface area contributed by atoms with Crippen molar-refractivity contribution in [3.8, 4) is 22.8 Å². The van der Waals surface area contributed by atoms with Crippen LogP contribution in [0.1, 0.15) is 24.3 Å². The summed E-state index contributed by atoms with van der Waals surface area (Å²) < 4.78 is 27.6. The van der Waals surface area contributed by atoms with Crippen LogP contribution in [0.15, 0.2) is 58.1 Å². The number of aryl methyl sites for hydroxylation is 2. The fourth-order valence-corrected chi connectivity index (χ4v) is 3.78. The molecule has 0 aliphatic carbocycles. The van der Waals surface area contributed by atoms with E-state index in [1.165, 1.54) is 17.8 Å². The molecule has 0 saturated carbocycles. The zero-order valence-electron chi connectivity index (χ0n) is 16.9. The van der Waals surface area contributed by atoms with Crippen LogP contribution in [0.2, 0.25) is 0 Å². The van der Waals surface area contributed by atoms with E-state index in [2.05, 4.69) is 15.2 Å². The van der Waals surface area contributed by atoms with Crippen molar-refractivity contribution in [2.75, 3.05) is 6.61 Å². The van der Waals surface area contributed by atoms with Gasteiger partial charge in [0.2, 0.25) is 5.89 Å². The normalized spacial score (nSPS) is 11.1. The highest BCUT2D eigenvalue weighted by molar-refractivity contribution is 7.98. The lowest BCUT2D eigenvalue weighted by Gasteiger charge is -2.11. The highest BCUT2D eigenvalue weighted by Crippen LogP contribution is 2.31. The molecule has 30 heavy (non-hydrogen) atoms. The van der Waals surface area contributed by atoms with E-state index in [0.29, 0.717) is 34.9 Å². The van der Waals surface area contributed by atoms with Gasteiger partial charge in [-0.15, -0.1) is 10.2 Å². The first-order valence-corrected chi connectivity index (χ1v) is 10.5. The average molecular weight is 425 g/mol. The van der Waals surface area contributed by atoms with E-state index < -0.39 is 0 Å². The van der Waals surface area contributed by atoms with Crippen LogP contribution in [0, 0.1) is 19.7 Å². The fraction of sp³-hybridized carbons (Fsp3) is 0.227. The number of para-hydroxylation sites is 1. The Morgan fingerprint density at radius 3 is 2.50 bits per heavy atom. The molecular formula is C22H21FN4O2S. The van der Waals surface area contributed by atoms with Gasteiger partial charge in [-0.05, 0) is 57.2 Å². The minimum atomic E-state index is -0.353. The van der Waals surface area contributed by atoms with E-state index in [9.17, 15) is 4.39 Å². The van der Waals surface area contributed by atoms with Crippen molar-refractivity contribution in [2.45, 2.75) is 31.7 Å². The SMILES string of the molecule is CCOc1ccc(-c2nnc(SCc3nc(C)c(C)o3)n2-c2ccccc2F)cc1. The molecule has 0 fully saturated rings. The van der Waals surface area contributed by atoms with Crippen molar-refractivity contribution in [3.05, 3.63) is 71.7 Å². The molecule has 0 radical (unpaired) electrons. The summed E-state index contributed by atoms with van der Waals surface area (Å²) in [4.78, 5) is 4.40. The van der Waals surface area contributed by atoms with Gasteiger partial charge in [0.1, 0.15) is 17.3 Å². The molecule has 0 N–H and O–H groups in total. The quantitative estimate of drug-likeness (QED) is 0.372. The van der Waals surface area contributed by atoms with Gasteiger partial charge in [-0.1, -0.05) is 23.9 Å². The molecule has 0 spiro atoms. The Balaban J connectivity index is 1.72. The Morgan fingerprint density at radius 2 is 1.83 bits per heavy atom. The Morgan fingerprint density at radius 1 is 1.07 bits per heavy atom. The van der Waals surface area contributed by atoms with Gasteiger partial charge in [-0.3, -0.25) is 4.57 Å². The van der Waals surface area contributed by atoms with E-state index in [4.69, 9.17) is 9.15 Å². The molecule has 0 amide bonds. The Labute approximate surface area is 178 Å². The van der Waals surface area contributed by atoms with E-state index in [0.717, 1.165) is 22.8 Å². The number of oxazole rings is 1. The smallest absolute Gasteiger partial charge is 0.205 e. The summed E-state index contributed by atoms with van der Waals surface area (Å²) >= 11 is 1.39. The zero-order chi connectivity index (χ0) is 21.1. The van der Waals surface area contributed by atoms with Gasteiger partial charge in [0.05, 0.1) is 23.7 Å². The van der Waals surface area contributed by atoms with Gasteiger partial charge in [0.25, 0.3) is 0 Å². The van der Waals surface area contributed by atoms with Crippen LogP contribution in [-0.4, -0.2) is 26.4 Å².